The summed E-state index contributed by atoms with van der Waals surface area (Å²) in [5, 5.41) is 3.16. The molecule has 0 amide bonds. The highest BCUT2D eigenvalue weighted by Gasteiger charge is 2.15. The van der Waals surface area contributed by atoms with E-state index in [0.29, 0.717) is 10.3 Å². The highest BCUT2D eigenvalue weighted by molar-refractivity contribution is 9.10. The molecule has 1 unspecified atom stereocenters. The predicted molar refractivity (Wildman–Crippen MR) is 87.9 cm³/mol. The second-order valence-electron chi connectivity index (χ2n) is 5.16. The second kappa shape index (κ2) is 6.30. The predicted octanol–water partition coefficient (Wildman–Crippen LogP) is 3.05. The maximum atomic E-state index is 12.2. The summed E-state index contributed by atoms with van der Waals surface area (Å²) < 4.78 is 1.52. The van der Waals surface area contributed by atoms with E-state index in [-0.39, 0.29) is 17.6 Å². The zero-order valence-corrected chi connectivity index (χ0v) is 13.8. The van der Waals surface area contributed by atoms with Crippen molar-refractivity contribution in [3.05, 3.63) is 61.2 Å². The van der Waals surface area contributed by atoms with Crippen LogP contribution in [0.2, 0.25) is 0 Å². The monoisotopic (exact) mass is 351 g/mol. The van der Waals surface area contributed by atoms with Crippen molar-refractivity contribution in [1.29, 1.82) is 0 Å². The van der Waals surface area contributed by atoms with Crippen molar-refractivity contribution in [3.8, 4) is 0 Å². The van der Waals surface area contributed by atoms with Crippen molar-refractivity contribution in [2.45, 2.75) is 32.9 Å². The Hall–Kier alpha value is -1.82. The van der Waals surface area contributed by atoms with Gasteiger partial charge in [-0.2, -0.15) is 0 Å². The molecule has 0 radical (unpaired) electrons. The number of nitrogens with zero attached hydrogens (tertiary/aromatic N) is 1. The molecular weight excluding hydrogens is 334 g/mol. The van der Waals surface area contributed by atoms with E-state index < -0.39 is 5.69 Å². The fourth-order valence-corrected chi connectivity index (χ4v) is 2.54. The largest absolute Gasteiger partial charge is 0.364 e. The molecule has 0 saturated heterocycles. The molecule has 112 valence electrons. The summed E-state index contributed by atoms with van der Waals surface area (Å²) in [7, 11) is 0. The zero-order chi connectivity index (χ0) is 15.6. The molecule has 1 aromatic carbocycles. The van der Waals surface area contributed by atoms with E-state index in [0.717, 1.165) is 5.56 Å². The third-order valence-electron chi connectivity index (χ3n) is 3.25. The van der Waals surface area contributed by atoms with Crippen LogP contribution in [0.25, 0.3) is 0 Å². The molecule has 0 bridgehead atoms. The van der Waals surface area contributed by atoms with Gasteiger partial charge in [0.25, 0.3) is 5.56 Å². The number of aromatic nitrogens is 2. The molecule has 2 N–H and O–H groups in total. The molecule has 21 heavy (non-hydrogen) atoms. The summed E-state index contributed by atoms with van der Waals surface area (Å²) in [4.78, 5) is 27.0. The van der Waals surface area contributed by atoms with E-state index in [2.05, 4.69) is 26.2 Å². The van der Waals surface area contributed by atoms with E-state index in [1.807, 2.05) is 37.3 Å². The van der Waals surface area contributed by atoms with Crippen LogP contribution < -0.4 is 16.6 Å². The van der Waals surface area contributed by atoms with Gasteiger partial charge in [0.2, 0.25) is 0 Å². The van der Waals surface area contributed by atoms with E-state index in [9.17, 15) is 9.59 Å². The second-order valence-corrected chi connectivity index (χ2v) is 5.96. The SMILES string of the molecule is CC(Nc1[nH]c(=O)n(C(C)C)c(=O)c1Br)c1ccccc1. The molecule has 0 saturated carbocycles. The number of rotatable bonds is 4. The molecule has 1 heterocycles. The van der Waals surface area contributed by atoms with Crippen LogP contribution in [0.4, 0.5) is 5.82 Å². The summed E-state index contributed by atoms with van der Waals surface area (Å²) in [5.41, 5.74) is 0.316. The Morgan fingerprint density at radius 1 is 1.14 bits per heavy atom. The van der Waals surface area contributed by atoms with Gasteiger partial charge in [0.1, 0.15) is 10.3 Å². The topological polar surface area (TPSA) is 66.9 Å². The van der Waals surface area contributed by atoms with Gasteiger partial charge in [0.15, 0.2) is 0 Å². The fraction of sp³-hybridized carbons (Fsp3) is 0.333. The minimum atomic E-state index is -0.416. The summed E-state index contributed by atoms with van der Waals surface area (Å²) in [6.45, 7) is 5.56. The van der Waals surface area contributed by atoms with Gasteiger partial charge in [-0.1, -0.05) is 30.3 Å². The molecule has 1 atom stereocenters. The lowest BCUT2D eigenvalue weighted by molar-refractivity contribution is 0.544. The van der Waals surface area contributed by atoms with Gasteiger partial charge < -0.3 is 5.32 Å². The highest BCUT2D eigenvalue weighted by atomic mass is 79.9. The van der Waals surface area contributed by atoms with Gasteiger partial charge in [-0.3, -0.25) is 14.3 Å². The highest BCUT2D eigenvalue weighted by Crippen LogP contribution is 2.21. The summed E-state index contributed by atoms with van der Waals surface area (Å²) in [6.07, 6.45) is 0. The average Bonchev–Trinajstić information content (AvgIpc) is 2.45. The third-order valence-corrected chi connectivity index (χ3v) is 3.99. The Balaban J connectivity index is 2.38. The first-order valence-corrected chi connectivity index (χ1v) is 7.57. The quantitative estimate of drug-likeness (QED) is 0.889. The van der Waals surface area contributed by atoms with Crippen LogP contribution in [0.3, 0.4) is 0 Å². The first kappa shape index (κ1) is 15.6. The third kappa shape index (κ3) is 3.26. The number of H-pyrrole nitrogens is 1. The van der Waals surface area contributed by atoms with Crippen LogP contribution in [-0.2, 0) is 0 Å². The minimum absolute atomic E-state index is 0.0348. The zero-order valence-electron chi connectivity index (χ0n) is 12.2. The van der Waals surface area contributed by atoms with Crippen molar-refractivity contribution >= 4 is 21.7 Å². The number of halogens is 1. The lowest BCUT2D eigenvalue weighted by Gasteiger charge is -2.17. The van der Waals surface area contributed by atoms with E-state index in [4.69, 9.17) is 0 Å². The summed E-state index contributed by atoms with van der Waals surface area (Å²) in [6, 6.07) is 9.57. The first-order chi connectivity index (χ1) is 9.91. The van der Waals surface area contributed by atoms with E-state index >= 15 is 0 Å². The number of nitrogens with one attached hydrogen (secondary N) is 2. The van der Waals surface area contributed by atoms with Crippen molar-refractivity contribution in [3.63, 3.8) is 0 Å². The smallest absolute Gasteiger partial charge is 0.330 e. The lowest BCUT2D eigenvalue weighted by atomic mass is 10.1. The average molecular weight is 352 g/mol. The Morgan fingerprint density at radius 2 is 1.76 bits per heavy atom. The number of hydrogen-bond donors (Lipinski definition) is 2. The van der Waals surface area contributed by atoms with Crippen molar-refractivity contribution in [1.82, 2.24) is 9.55 Å². The molecule has 2 aromatic rings. The molecule has 2 rings (SSSR count). The van der Waals surface area contributed by atoms with Crippen molar-refractivity contribution in [2.75, 3.05) is 5.32 Å². The fourth-order valence-electron chi connectivity index (χ4n) is 2.14. The van der Waals surface area contributed by atoms with Crippen LogP contribution in [0.15, 0.2) is 44.4 Å². The summed E-state index contributed by atoms with van der Waals surface area (Å²) in [5.74, 6) is 0.401. The Labute approximate surface area is 131 Å². The van der Waals surface area contributed by atoms with Gasteiger partial charge in [-0.15, -0.1) is 0 Å². The van der Waals surface area contributed by atoms with Gasteiger partial charge in [0.05, 0.1) is 0 Å². The molecule has 5 nitrogen and oxygen atoms in total. The Kier molecular flexibility index (Phi) is 4.67. The number of aromatic amines is 1. The summed E-state index contributed by atoms with van der Waals surface area (Å²) >= 11 is 3.27. The van der Waals surface area contributed by atoms with Crippen molar-refractivity contribution in [2.24, 2.45) is 0 Å². The standard InChI is InChI=1S/C15H18BrN3O2/c1-9(2)19-14(20)12(16)13(18-15(19)21)17-10(3)11-7-5-4-6-8-11/h4-10,17H,1-3H3,(H,18,21). The van der Waals surface area contributed by atoms with Crippen LogP contribution >= 0.6 is 15.9 Å². The van der Waals surface area contributed by atoms with Crippen LogP contribution in [0.1, 0.15) is 38.4 Å². The molecule has 0 aliphatic carbocycles. The van der Waals surface area contributed by atoms with Crippen LogP contribution in [0, 0.1) is 0 Å². The van der Waals surface area contributed by atoms with Gasteiger partial charge in [0, 0.05) is 12.1 Å². The molecule has 0 aliphatic rings. The van der Waals surface area contributed by atoms with E-state index in [1.54, 1.807) is 13.8 Å². The maximum Gasteiger partial charge on any atom is 0.330 e. The minimum Gasteiger partial charge on any atom is -0.364 e. The molecule has 6 heteroatoms. The van der Waals surface area contributed by atoms with E-state index in [1.165, 1.54) is 4.57 Å². The Morgan fingerprint density at radius 3 is 2.33 bits per heavy atom. The van der Waals surface area contributed by atoms with Gasteiger partial charge >= 0.3 is 5.69 Å². The number of anilines is 1. The molecule has 0 fully saturated rings. The number of benzene rings is 1. The van der Waals surface area contributed by atoms with Gasteiger partial charge in [-0.05, 0) is 42.3 Å². The normalized spacial score (nSPS) is 12.4. The van der Waals surface area contributed by atoms with Gasteiger partial charge in [-0.25, -0.2) is 4.79 Å². The Bertz CT molecular complexity index is 735. The first-order valence-electron chi connectivity index (χ1n) is 6.77. The van der Waals surface area contributed by atoms with Crippen molar-refractivity contribution < 1.29 is 0 Å². The maximum absolute atomic E-state index is 12.2. The lowest BCUT2D eigenvalue weighted by Crippen LogP contribution is -2.37. The molecule has 1 aromatic heterocycles. The molecular formula is C15H18BrN3O2. The molecule has 0 spiro atoms. The molecule has 0 aliphatic heterocycles. The van der Waals surface area contributed by atoms with Crippen LogP contribution in [-0.4, -0.2) is 9.55 Å². The van der Waals surface area contributed by atoms with Crippen LogP contribution in [0.5, 0.6) is 0 Å². The number of hydrogen-bond acceptors (Lipinski definition) is 3.